The van der Waals surface area contributed by atoms with Gasteiger partial charge in [-0.2, -0.15) is 5.26 Å². The first-order chi connectivity index (χ1) is 10.3. The molecule has 5 nitrogen and oxygen atoms in total. The van der Waals surface area contributed by atoms with E-state index >= 15 is 0 Å². The summed E-state index contributed by atoms with van der Waals surface area (Å²) in [5.41, 5.74) is 1.17. The molecule has 1 heterocycles. The maximum Gasteiger partial charge on any atom is 0.410 e. The van der Waals surface area contributed by atoms with Crippen molar-refractivity contribution in [3.8, 4) is 6.07 Å². The highest BCUT2D eigenvalue weighted by molar-refractivity contribution is 5.68. The van der Waals surface area contributed by atoms with E-state index in [-0.39, 0.29) is 12.1 Å². The largest absolute Gasteiger partial charge is 0.444 e. The maximum atomic E-state index is 12.1. The number of likely N-dealkylation sites (tertiary alicyclic amines) is 1. The number of hydrogen-bond donors (Lipinski definition) is 0. The average molecular weight is 301 g/mol. The molecule has 1 aliphatic heterocycles. The minimum absolute atomic E-state index is 0.237. The predicted molar refractivity (Wildman–Crippen MR) is 85.8 cm³/mol. The maximum absolute atomic E-state index is 12.1. The summed E-state index contributed by atoms with van der Waals surface area (Å²) in [6, 6.07) is 9.92. The summed E-state index contributed by atoms with van der Waals surface area (Å²) in [5.74, 6) is 0. The van der Waals surface area contributed by atoms with E-state index < -0.39 is 5.60 Å². The van der Waals surface area contributed by atoms with E-state index in [0.717, 1.165) is 12.1 Å². The summed E-state index contributed by atoms with van der Waals surface area (Å²) >= 11 is 0. The van der Waals surface area contributed by atoms with Crippen LogP contribution in [0.1, 0.15) is 32.8 Å². The third-order valence-corrected chi connectivity index (χ3v) is 3.75. The molecule has 1 fully saturated rings. The first-order valence-corrected chi connectivity index (χ1v) is 7.51. The van der Waals surface area contributed by atoms with Crippen molar-refractivity contribution >= 4 is 11.8 Å². The Bertz CT molecular complexity index is 586. The van der Waals surface area contributed by atoms with Gasteiger partial charge in [0.1, 0.15) is 5.60 Å². The standard InChI is InChI=1S/C17H23N3O2/c1-17(2,3)22-16(21)20-9-8-15(12-20)19(4)14-7-5-6-13(10-14)11-18/h5-7,10,15H,8-9,12H2,1-4H3. The lowest BCUT2D eigenvalue weighted by Crippen LogP contribution is -2.39. The van der Waals surface area contributed by atoms with E-state index in [2.05, 4.69) is 11.0 Å². The van der Waals surface area contributed by atoms with Crippen molar-refractivity contribution in [3.05, 3.63) is 29.8 Å². The van der Waals surface area contributed by atoms with Crippen molar-refractivity contribution in [2.75, 3.05) is 25.0 Å². The Kier molecular flexibility index (Phi) is 4.60. The molecular formula is C17H23N3O2. The fraction of sp³-hybridized carbons (Fsp3) is 0.529. The highest BCUT2D eigenvalue weighted by atomic mass is 16.6. The first kappa shape index (κ1) is 16.2. The topological polar surface area (TPSA) is 56.6 Å². The van der Waals surface area contributed by atoms with Gasteiger partial charge in [-0.15, -0.1) is 0 Å². The van der Waals surface area contributed by atoms with Gasteiger partial charge in [0.15, 0.2) is 0 Å². The van der Waals surface area contributed by atoms with Gasteiger partial charge in [-0.05, 0) is 45.4 Å². The van der Waals surface area contributed by atoms with Crippen molar-refractivity contribution in [2.45, 2.75) is 38.8 Å². The van der Waals surface area contributed by atoms with Gasteiger partial charge in [-0.25, -0.2) is 4.79 Å². The molecular weight excluding hydrogens is 278 g/mol. The summed E-state index contributed by atoms with van der Waals surface area (Å²) in [6.45, 7) is 6.96. The third-order valence-electron chi connectivity index (χ3n) is 3.75. The SMILES string of the molecule is CN(c1cccc(C#N)c1)C1CCN(C(=O)OC(C)(C)C)C1. The zero-order valence-corrected chi connectivity index (χ0v) is 13.7. The van der Waals surface area contributed by atoms with Crippen LogP contribution in [0.25, 0.3) is 0 Å². The van der Waals surface area contributed by atoms with Crippen LogP contribution in [0.5, 0.6) is 0 Å². The lowest BCUT2D eigenvalue weighted by Gasteiger charge is -2.28. The number of ether oxygens (including phenoxy) is 1. The second-order valence-electron chi connectivity index (χ2n) is 6.64. The monoisotopic (exact) mass is 301 g/mol. The zero-order valence-electron chi connectivity index (χ0n) is 13.7. The molecule has 1 aromatic carbocycles. The van der Waals surface area contributed by atoms with Crippen LogP contribution in [-0.2, 0) is 4.74 Å². The lowest BCUT2D eigenvalue weighted by atomic mass is 10.1. The van der Waals surface area contributed by atoms with Crippen molar-refractivity contribution in [1.82, 2.24) is 4.90 Å². The Labute approximate surface area is 132 Å². The molecule has 0 bridgehead atoms. The van der Waals surface area contributed by atoms with Gasteiger partial charge in [0.2, 0.25) is 0 Å². The predicted octanol–water partition coefficient (Wildman–Crippen LogP) is 3.00. The number of carbonyl (C=O) groups excluding carboxylic acids is 1. The summed E-state index contributed by atoms with van der Waals surface area (Å²) in [5, 5.41) is 8.99. The second-order valence-corrected chi connectivity index (χ2v) is 6.64. The molecule has 1 unspecified atom stereocenters. The van der Waals surface area contributed by atoms with E-state index in [4.69, 9.17) is 10.00 Å². The molecule has 0 spiro atoms. The van der Waals surface area contributed by atoms with Crippen molar-refractivity contribution in [1.29, 1.82) is 5.26 Å². The summed E-state index contributed by atoms with van der Waals surface area (Å²) in [7, 11) is 2.00. The first-order valence-electron chi connectivity index (χ1n) is 7.51. The van der Waals surface area contributed by atoms with Crippen LogP contribution in [0.4, 0.5) is 10.5 Å². The number of hydrogen-bond acceptors (Lipinski definition) is 4. The number of anilines is 1. The average Bonchev–Trinajstić information content (AvgIpc) is 2.94. The van der Waals surface area contributed by atoms with E-state index in [1.54, 1.807) is 11.0 Å². The Hall–Kier alpha value is -2.22. The minimum Gasteiger partial charge on any atom is -0.444 e. The number of amides is 1. The summed E-state index contributed by atoms with van der Waals surface area (Å²) in [4.78, 5) is 16.0. The van der Waals surface area contributed by atoms with E-state index in [1.165, 1.54) is 0 Å². The summed E-state index contributed by atoms with van der Waals surface area (Å²) in [6.07, 6.45) is 0.640. The number of carbonyl (C=O) groups is 1. The molecule has 5 heteroatoms. The van der Waals surface area contributed by atoms with E-state index in [1.807, 2.05) is 46.0 Å². The van der Waals surface area contributed by atoms with Gasteiger partial charge >= 0.3 is 6.09 Å². The van der Waals surface area contributed by atoms with Crippen LogP contribution in [0.3, 0.4) is 0 Å². The smallest absolute Gasteiger partial charge is 0.410 e. The summed E-state index contributed by atoms with van der Waals surface area (Å²) < 4.78 is 5.42. The molecule has 1 amide bonds. The Balaban J connectivity index is 2.00. The van der Waals surface area contributed by atoms with Gasteiger partial charge in [0.25, 0.3) is 0 Å². The van der Waals surface area contributed by atoms with E-state index in [0.29, 0.717) is 18.7 Å². The molecule has 0 saturated carbocycles. The Morgan fingerprint density at radius 1 is 1.45 bits per heavy atom. The van der Waals surface area contributed by atoms with Crippen LogP contribution in [0.15, 0.2) is 24.3 Å². The molecule has 0 N–H and O–H groups in total. The quantitative estimate of drug-likeness (QED) is 0.842. The van der Waals surface area contributed by atoms with Crippen LogP contribution in [0.2, 0.25) is 0 Å². The van der Waals surface area contributed by atoms with Crippen molar-refractivity contribution < 1.29 is 9.53 Å². The zero-order chi connectivity index (χ0) is 16.3. The van der Waals surface area contributed by atoms with Crippen molar-refractivity contribution in [3.63, 3.8) is 0 Å². The molecule has 1 aromatic rings. The molecule has 0 aliphatic carbocycles. The van der Waals surface area contributed by atoms with Crippen LogP contribution < -0.4 is 4.90 Å². The number of nitrogens with zero attached hydrogens (tertiary/aromatic N) is 3. The lowest BCUT2D eigenvalue weighted by molar-refractivity contribution is 0.0292. The van der Waals surface area contributed by atoms with Gasteiger partial charge in [-0.1, -0.05) is 6.07 Å². The van der Waals surface area contributed by atoms with Gasteiger partial charge in [0, 0.05) is 31.9 Å². The molecule has 1 saturated heterocycles. The Morgan fingerprint density at radius 3 is 2.82 bits per heavy atom. The molecule has 22 heavy (non-hydrogen) atoms. The highest BCUT2D eigenvalue weighted by Crippen LogP contribution is 2.23. The highest BCUT2D eigenvalue weighted by Gasteiger charge is 2.31. The molecule has 0 aromatic heterocycles. The van der Waals surface area contributed by atoms with Gasteiger partial charge in [0.05, 0.1) is 11.6 Å². The fourth-order valence-corrected chi connectivity index (χ4v) is 2.56. The molecule has 1 aliphatic rings. The third kappa shape index (κ3) is 3.91. The van der Waals surface area contributed by atoms with Crippen LogP contribution in [-0.4, -0.2) is 42.8 Å². The second kappa shape index (κ2) is 6.27. The van der Waals surface area contributed by atoms with Crippen LogP contribution >= 0.6 is 0 Å². The van der Waals surface area contributed by atoms with Crippen molar-refractivity contribution in [2.24, 2.45) is 0 Å². The number of benzene rings is 1. The normalized spacial score (nSPS) is 18.0. The molecule has 2 rings (SSSR count). The fourth-order valence-electron chi connectivity index (χ4n) is 2.56. The molecule has 118 valence electrons. The number of rotatable bonds is 2. The number of nitriles is 1. The minimum atomic E-state index is -0.470. The Morgan fingerprint density at radius 2 is 2.18 bits per heavy atom. The van der Waals surface area contributed by atoms with E-state index in [9.17, 15) is 4.79 Å². The van der Waals surface area contributed by atoms with Gasteiger partial charge < -0.3 is 14.5 Å². The number of likely N-dealkylation sites (N-methyl/N-ethyl adjacent to an activating group) is 1. The van der Waals surface area contributed by atoms with Gasteiger partial charge in [-0.3, -0.25) is 0 Å². The van der Waals surface area contributed by atoms with Crippen LogP contribution in [0, 0.1) is 11.3 Å². The molecule has 0 radical (unpaired) electrons. The molecule has 1 atom stereocenters.